The molecule has 1 amide bonds. The molecule has 2 rings (SSSR count). The lowest BCUT2D eigenvalue weighted by Crippen LogP contribution is -2.27. The van der Waals surface area contributed by atoms with Crippen molar-refractivity contribution in [2.45, 2.75) is 9.79 Å². The van der Waals surface area contributed by atoms with Crippen LogP contribution < -0.4 is 4.90 Å². The molecule has 117 valence electrons. The molecule has 0 heterocycles. The van der Waals surface area contributed by atoms with E-state index in [0.717, 1.165) is 4.90 Å². The van der Waals surface area contributed by atoms with Crippen molar-refractivity contribution in [3.8, 4) is 0 Å². The molecule has 0 saturated carbocycles. The summed E-state index contributed by atoms with van der Waals surface area (Å²) in [5.41, 5.74) is 0.708. The molecule has 0 spiro atoms. The number of non-ortho nitro benzene ring substituents is 1. The molecule has 0 aromatic heterocycles. The van der Waals surface area contributed by atoms with Gasteiger partial charge >= 0.3 is 5.91 Å². The van der Waals surface area contributed by atoms with Crippen LogP contribution in [0.4, 0.5) is 5.69 Å². The molecule has 0 fully saturated rings. The highest BCUT2D eigenvalue weighted by Crippen LogP contribution is 2.32. The zero-order chi connectivity index (χ0) is 17.0. The molecule has 7 heteroatoms. The number of hydrogen-bond acceptors (Lipinski definition) is 5. The van der Waals surface area contributed by atoms with Gasteiger partial charge < -0.3 is 0 Å². The summed E-state index contributed by atoms with van der Waals surface area (Å²) in [6, 6.07) is 11.1. The van der Waals surface area contributed by atoms with Gasteiger partial charge in [0.2, 0.25) is 0 Å². The standard InChI is InChI=1S/C16H14N2O4S/c1-17(2)16(20)11-3-6-14(7-4-11)23-15-8-5-13(18(21)22)9-12(15)10-19/h3-10H,1-2H3/q+1. The Morgan fingerprint density at radius 1 is 1.13 bits per heavy atom. The number of carbonyl (C=O) groups is 2. The molecule has 0 saturated heterocycles. The third-order valence-electron chi connectivity index (χ3n) is 3.07. The molecule has 2 aromatic rings. The van der Waals surface area contributed by atoms with Gasteiger partial charge in [-0.15, -0.1) is 4.90 Å². The number of benzene rings is 2. The molecule has 0 aliphatic heterocycles. The molecule has 0 atom stereocenters. The number of amides is 1. The van der Waals surface area contributed by atoms with Crippen molar-refractivity contribution in [1.82, 2.24) is 4.90 Å². The highest BCUT2D eigenvalue weighted by Gasteiger charge is 2.17. The van der Waals surface area contributed by atoms with Crippen molar-refractivity contribution in [3.05, 3.63) is 63.7 Å². The van der Waals surface area contributed by atoms with Crippen molar-refractivity contribution < 1.29 is 14.5 Å². The van der Waals surface area contributed by atoms with Crippen LogP contribution in [0, 0.1) is 10.1 Å². The van der Waals surface area contributed by atoms with Crippen LogP contribution in [0.2, 0.25) is 0 Å². The zero-order valence-corrected chi connectivity index (χ0v) is 13.4. The SMILES string of the molecule is C[N+](C)C(=O)c1ccc(Sc2ccc([N+](=O)[O-])cc2C=O)cc1. The number of carbonyl (C=O) groups excluding carboxylic acids is 2. The Kier molecular flexibility index (Phi) is 5.25. The number of nitrogens with zero attached hydrogens (tertiary/aromatic N) is 2. The topological polar surface area (TPSA) is 83.2 Å². The van der Waals surface area contributed by atoms with Crippen LogP contribution in [-0.4, -0.2) is 31.2 Å². The minimum absolute atomic E-state index is 0.0922. The Balaban J connectivity index is 2.24. The second-order valence-electron chi connectivity index (χ2n) is 4.92. The van der Waals surface area contributed by atoms with E-state index < -0.39 is 4.92 Å². The third kappa shape index (κ3) is 4.02. The maximum Gasteiger partial charge on any atom is 0.392 e. The van der Waals surface area contributed by atoms with Crippen molar-refractivity contribution in [1.29, 1.82) is 0 Å². The van der Waals surface area contributed by atoms with Gasteiger partial charge in [0.25, 0.3) is 5.69 Å². The number of nitro groups is 1. The quantitative estimate of drug-likeness (QED) is 0.364. The van der Waals surface area contributed by atoms with Crippen LogP contribution in [-0.2, 0) is 0 Å². The number of aldehydes is 1. The third-order valence-corrected chi connectivity index (χ3v) is 4.17. The van der Waals surface area contributed by atoms with Crippen LogP contribution >= 0.6 is 11.8 Å². The van der Waals surface area contributed by atoms with Gasteiger partial charge in [-0.3, -0.25) is 14.9 Å². The summed E-state index contributed by atoms with van der Waals surface area (Å²) in [7, 11) is 3.36. The van der Waals surface area contributed by atoms with Crippen LogP contribution in [0.25, 0.3) is 0 Å². The molecular formula is C16H14N2O4S+. The fourth-order valence-electron chi connectivity index (χ4n) is 1.89. The van der Waals surface area contributed by atoms with E-state index in [1.807, 2.05) is 0 Å². The van der Waals surface area contributed by atoms with Crippen LogP contribution in [0.3, 0.4) is 0 Å². The lowest BCUT2D eigenvalue weighted by Gasteiger charge is -2.05. The first-order chi connectivity index (χ1) is 10.9. The highest BCUT2D eigenvalue weighted by molar-refractivity contribution is 7.99. The van der Waals surface area contributed by atoms with Gasteiger partial charge in [0.15, 0.2) is 6.29 Å². The lowest BCUT2D eigenvalue weighted by atomic mass is 10.2. The summed E-state index contributed by atoms with van der Waals surface area (Å²) >= 11 is 1.31. The van der Waals surface area contributed by atoms with Crippen molar-refractivity contribution in [2.24, 2.45) is 0 Å². The molecule has 1 radical (unpaired) electrons. The summed E-state index contributed by atoms with van der Waals surface area (Å²) in [6.07, 6.45) is 0.596. The monoisotopic (exact) mass is 330 g/mol. The van der Waals surface area contributed by atoms with E-state index in [9.17, 15) is 19.7 Å². The van der Waals surface area contributed by atoms with E-state index in [-0.39, 0.29) is 17.2 Å². The fourth-order valence-corrected chi connectivity index (χ4v) is 2.77. The van der Waals surface area contributed by atoms with Gasteiger partial charge in [0, 0.05) is 27.5 Å². The molecule has 23 heavy (non-hydrogen) atoms. The summed E-state index contributed by atoms with van der Waals surface area (Å²) < 4.78 is 0. The van der Waals surface area contributed by atoms with Gasteiger partial charge in [-0.05, 0) is 30.3 Å². The minimum Gasteiger partial charge on any atom is -0.298 e. The summed E-state index contributed by atoms with van der Waals surface area (Å²) in [6.45, 7) is 0. The minimum atomic E-state index is -0.539. The summed E-state index contributed by atoms with van der Waals surface area (Å²) in [4.78, 5) is 36.1. The number of nitro benzene ring substituents is 1. The Morgan fingerprint density at radius 2 is 1.78 bits per heavy atom. The van der Waals surface area contributed by atoms with E-state index in [1.165, 1.54) is 28.8 Å². The van der Waals surface area contributed by atoms with E-state index in [4.69, 9.17) is 0 Å². The molecule has 2 aromatic carbocycles. The first-order valence-corrected chi connectivity index (χ1v) is 7.47. The van der Waals surface area contributed by atoms with E-state index in [1.54, 1.807) is 44.4 Å². The normalized spacial score (nSPS) is 10.6. The first kappa shape index (κ1) is 16.9. The Hall–Kier alpha value is -2.51. The number of rotatable bonds is 5. The summed E-state index contributed by atoms with van der Waals surface area (Å²) in [5.74, 6) is -0.0922. The largest absolute Gasteiger partial charge is 0.392 e. The second kappa shape index (κ2) is 7.17. The molecule has 0 aliphatic carbocycles. The molecule has 6 nitrogen and oxygen atoms in total. The van der Waals surface area contributed by atoms with Gasteiger partial charge in [0.1, 0.15) is 14.1 Å². The summed E-state index contributed by atoms with van der Waals surface area (Å²) in [5, 5.41) is 10.7. The lowest BCUT2D eigenvalue weighted by molar-refractivity contribution is -0.384. The molecule has 0 unspecified atom stereocenters. The molecule has 0 N–H and O–H groups in total. The second-order valence-corrected chi connectivity index (χ2v) is 6.04. The van der Waals surface area contributed by atoms with Crippen LogP contribution in [0.5, 0.6) is 0 Å². The Morgan fingerprint density at radius 3 is 2.30 bits per heavy atom. The van der Waals surface area contributed by atoms with Gasteiger partial charge in [0.05, 0.1) is 10.5 Å². The van der Waals surface area contributed by atoms with Crippen LogP contribution in [0.15, 0.2) is 52.3 Å². The van der Waals surface area contributed by atoms with Gasteiger partial charge in [-0.1, -0.05) is 11.8 Å². The smallest absolute Gasteiger partial charge is 0.298 e. The maximum absolute atomic E-state index is 11.8. The average molecular weight is 330 g/mol. The maximum atomic E-state index is 11.8. The first-order valence-electron chi connectivity index (χ1n) is 6.65. The van der Waals surface area contributed by atoms with E-state index in [2.05, 4.69) is 0 Å². The fraction of sp³-hybridized carbons (Fsp3) is 0.125. The molecule has 0 aliphatic rings. The van der Waals surface area contributed by atoms with Crippen molar-refractivity contribution >= 4 is 29.6 Å². The molecule has 0 bridgehead atoms. The van der Waals surface area contributed by atoms with Gasteiger partial charge in [-0.25, -0.2) is 4.79 Å². The predicted octanol–water partition coefficient (Wildman–Crippen LogP) is 3.10. The van der Waals surface area contributed by atoms with Crippen LogP contribution in [0.1, 0.15) is 20.7 Å². The molecular weight excluding hydrogens is 316 g/mol. The Labute approximate surface area is 137 Å². The van der Waals surface area contributed by atoms with Crippen molar-refractivity contribution in [3.63, 3.8) is 0 Å². The van der Waals surface area contributed by atoms with Crippen molar-refractivity contribution in [2.75, 3.05) is 14.1 Å². The van der Waals surface area contributed by atoms with E-state index >= 15 is 0 Å². The zero-order valence-electron chi connectivity index (χ0n) is 12.6. The average Bonchev–Trinajstić information content (AvgIpc) is 2.55. The number of hydrogen-bond donors (Lipinski definition) is 0. The predicted molar refractivity (Wildman–Crippen MR) is 87.4 cm³/mol. The highest BCUT2D eigenvalue weighted by atomic mass is 32.2. The van der Waals surface area contributed by atoms with E-state index in [0.29, 0.717) is 16.7 Å². The van der Waals surface area contributed by atoms with Gasteiger partial charge in [-0.2, -0.15) is 0 Å². The Bertz CT molecular complexity index is 757.